The summed E-state index contributed by atoms with van der Waals surface area (Å²) in [6.07, 6.45) is 6.66. The van der Waals surface area contributed by atoms with Gasteiger partial charge < -0.3 is 19.0 Å². The summed E-state index contributed by atoms with van der Waals surface area (Å²) in [7, 11) is 1.74. The maximum Gasteiger partial charge on any atom is 0.260 e. The molecule has 0 bridgehead atoms. The lowest BCUT2D eigenvalue weighted by Crippen LogP contribution is -2.43. The van der Waals surface area contributed by atoms with Crippen molar-refractivity contribution in [3.05, 3.63) is 88.9 Å². The molecule has 2 heterocycles. The van der Waals surface area contributed by atoms with Crippen LogP contribution in [0.2, 0.25) is 0 Å². The van der Waals surface area contributed by atoms with E-state index in [1.54, 1.807) is 18.2 Å². The minimum Gasteiger partial charge on any atom is -0.484 e. The Morgan fingerprint density at radius 1 is 1.08 bits per heavy atom. The lowest BCUT2D eigenvalue weighted by Gasteiger charge is -2.39. The average Bonchev–Trinajstić information content (AvgIpc) is 3.61. The second-order valence-electron chi connectivity index (χ2n) is 10.1. The molecule has 1 fully saturated rings. The van der Waals surface area contributed by atoms with E-state index >= 15 is 0 Å². The molecule has 0 N–H and O–H groups in total. The molecule has 2 amide bonds. The van der Waals surface area contributed by atoms with Crippen molar-refractivity contribution in [3.8, 4) is 5.75 Å². The van der Waals surface area contributed by atoms with Crippen molar-refractivity contribution < 1.29 is 18.7 Å². The molecule has 3 aromatic rings. The molecule has 1 aliphatic carbocycles. The Hall–Kier alpha value is -3.54. The summed E-state index contributed by atoms with van der Waals surface area (Å²) in [4.78, 5) is 29.9. The van der Waals surface area contributed by atoms with Crippen molar-refractivity contribution >= 4 is 11.8 Å². The molecule has 2 aromatic carbocycles. The summed E-state index contributed by atoms with van der Waals surface area (Å²) in [5, 5.41) is 0. The zero-order valence-corrected chi connectivity index (χ0v) is 21.1. The summed E-state index contributed by atoms with van der Waals surface area (Å²) in [5.74, 6) is 1.64. The van der Waals surface area contributed by atoms with Gasteiger partial charge in [0, 0.05) is 19.5 Å². The number of carbonyl (C=O) groups excluding carboxylic acids is 2. The number of amides is 2. The third-order valence-electron chi connectivity index (χ3n) is 7.45. The Morgan fingerprint density at radius 2 is 1.92 bits per heavy atom. The smallest absolute Gasteiger partial charge is 0.260 e. The normalized spacial score (nSPS) is 17.6. The molecule has 1 aliphatic heterocycles. The van der Waals surface area contributed by atoms with Gasteiger partial charge in [-0.05, 0) is 67.1 Å². The predicted octanol–water partition coefficient (Wildman–Crippen LogP) is 5.29. The van der Waals surface area contributed by atoms with Gasteiger partial charge >= 0.3 is 0 Å². The molecule has 0 spiro atoms. The van der Waals surface area contributed by atoms with E-state index in [2.05, 4.69) is 42.2 Å². The number of likely N-dealkylation sites (N-methyl/N-ethyl adjacent to an activating group) is 1. The highest BCUT2D eigenvalue weighted by Crippen LogP contribution is 2.39. The molecule has 1 saturated carbocycles. The third-order valence-corrected chi connectivity index (χ3v) is 7.45. The average molecular weight is 487 g/mol. The first-order valence-corrected chi connectivity index (χ1v) is 12.9. The maximum absolute atomic E-state index is 13.6. The quantitative estimate of drug-likeness (QED) is 0.455. The van der Waals surface area contributed by atoms with E-state index < -0.39 is 0 Å². The number of furan rings is 1. The summed E-state index contributed by atoms with van der Waals surface area (Å²) >= 11 is 0. The van der Waals surface area contributed by atoms with Gasteiger partial charge in [-0.3, -0.25) is 9.59 Å². The van der Waals surface area contributed by atoms with Gasteiger partial charge in [-0.25, -0.2) is 0 Å². The number of carbonyl (C=O) groups is 2. The molecule has 5 rings (SSSR count). The van der Waals surface area contributed by atoms with E-state index in [0.29, 0.717) is 12.3 Å². The van der Waals surface area contributed by atoms with Crippen LogP contribution in [-0.2, 0) is 22.6 Å². The molecule has 1 atom stereocenters. The Bertz CT molecular complexity index is 1210. The fraction of sp³-hybridized carbons (Fsp3) is 0.400. The van der Waals surface area contributed by atoms with Gasteiger partial charge in [-0.2, -0.15) is 0 Å². The van der Waals surface area contributed by atoms with Crippen molar-refractivity contribution in [1.82, 2.24) is 9.80 Å². The van der Waals surface area contributed by atoms with Crippen molar-refractivity contribution in [1.29, 1.82) is 0 Å². The van der Waals surface area contributed by atoms with Crippen molar-refractivity contribution in [2.45, 2.75) is 51.6 Å². The number of hydrogen-bond donors (Lipinski definition) is 0. The van der Waals surface area contributed by atoms with Crippen LogP contribution in [0.4, 0.5) is 0 Å². The van der Waals surface area contributed by atoms with Gasteiger partial charge in [0.15, 0.2) is 6.61 Å². The molecule has 0 radical (unpaired) electrons. The van der Waals surface area contributed by atoms with Gasteiger partial charge in [0.1, 0.15) is 11.5 Å². The first-order chi connectivity index (χ1) is 17.5. The number of nitrogens with zero attached hydrogens (tertiary/aromatic N) is 2. The monoisotopic (exact) mass is 486 g/mol. The highest BCUT2D eigenvalue weighted by atomic mass is 16.5. The van der Waals surface area contributed by atoms with Crippen LogP contribution in [-0.4, -0.2) is 41.8 Å². The highest BCUT2D eigenvalue weighted by molar-refractivity contribution is 5.80. The number of ether oxygens (including phenoxy) is 1. The predicted molar refractivity (Wildman–Crippen MR) is 138 cm³/mol. The summed E-state index contributed by atoms with van der Waals surface area (Å²) in [6.45, 7) is 3.14. The molecule has 0 saturated heterocycles. The second kappa shape index (κ2) is 10.6. The zero-order chi connectivity index (χ0) is 25.1. The number of aryl methyl sites for hydroxylation is 1. The van der Waals surface area contributed by atoms with E-state index in [0.717, 1.165) is 55.5 Å². The lowest BCUT2D eigenvalue weighted by molar-refractivity contribution is -0.137. The molecule has 2 aliphatic rings. The van der Waals surface area contributed by atoms with Crippen LogP contribution in [0.25, 0.3) is 0 Å². The first-order valence-electron chi connectivity index (χ1n) is 12.9. The molecule has 188 valence electrons. The fourth-order valence-electron chi connectivity index (χ4n) is 5.51. The lowest BCUT2D eigenvalue weighted by atomic mass is 9.86. The number of hydrogen-bond acceptors (Lipinski definition) is 4. The number of fused-ring (bicyclic) bond motifs is 1. The Balaban J connectivity index is 1.38. The standard InChI is InChI=1S/C30H34N2O4/c1-21-7-5-10-24(17-21)29-27-18-25(36-20-28(33)31(2)19-26-11-6-16-35-26)13-12-22(27)14-15-32(29)30(34)23-8-3-4-9-23/h5-7,10-13,16-18,23,29H,3-4,8-9,14-15,19-20H2,1-2H3. The summed E-state index contributed by atoms with van der Waals surface area (Å²) in [6, 6.07) is 18.0. The van der Waals surface area contributed by atoms with Gasteiger partial charge in [-0.15, -0.1) is 0 Å². The molecule has 6 nitrogen and oxygen atoms in total. The van der Waals surface area contributed by atoms with E-state index in [4.69, 9.17) is 9.15 Å². The van der Waals surface area contributed by atoms with Crippen LogP contribution in [0.5, 0.6) is 5.75 Å². The van der Waals surface area contributed by atoms with E-state index in [1.807, 2.05) is 24.3 Å². The van der Waals surface area contributed by atoms with Crippen molar-refractivity contribution in [2.75, 3.05) is 20.2 Å². The maximum atomic E-state index is 13.6. The Kier molecular flexibility index (Phi) is 7.12. The SMILES string of the molecule is Cc1cccc(C2c3cc(OCC(=O)N(C)Cc4ccco4)ccc3CCN2C(=O)C2CCCC2)c1. The number of rotatable bonds is 7. The molecule has 1 unspecified atom stereocenters. The molecule has 1 aromatic heterocycles. The van der Waals surface area contributed by atoms with Crippen LogP contribution in [0.3, 0.4) is 0 Å². The number of benzene rings is 2. The third kappa shape index (κ3) is 5.18. The van der Waals surface area contributed by atoms with Crippen LogP contribution < -0.4 is 4.74 Å². The van der Waals surface area contributed by atoms with Crippen molar-refractivity contribution in [2.24, 2.45) is 5.92 Å². The second-order valence-corrected chi connectivity index (χ2v) is 10.1. The van der Waals surface area contributed by atoms with Crippen LogP contribution in [0.1, 0.15) is 59.7 Å². The zero-order valence-electron chi connectivity index (χ0n) is 21.1. The van der Waals surface area contributed by atoms with Crippen LogP contribution in [0, 0.1) is 12.8 Å². The van der Waals surface area contributed by atoms with E-state index in [1.165, 1.54) is 11.1 Å². The molecular formula is C30H34N2O4. The molecule has 36 heavy (non-hydrogen) atoms. The minimum absolute atomic E-state index is 0.0597. The first kappa shape index (κ1) is 24.2. The van der Waals surface area contributed by atoms with Crippen molar-refractivity contribution in [3.63, 3.8) is 0 Å². The molecule has 6 heteroatoms. The minimum atomic E-state index is -0.150. The summed E-state index contributed by atoms with van der Waals surface area (Å²) < 4.78 is 11.3. The van der Waals surface area contributed by atoms with E-state index in [9.17, 15) is 9.59 Å². The van der Waals surface area contributed by atoms with Gasteiger partial charge in [-0.1, -0.05) is 48.7 Å². The van der Waals surface area contributed by atoms with Gasteiger partial charge in [0.05, 0.1) is 18.8 Å². The van der Waals surface area contributed by atoms with Gasteiger partial charge in [0.25, 0.3) is 5.91 Å². The largest absolute Gasteiger partial charge is 0.484 e. The Labute approximate surface area is 212 Å². The van der Waals surface area contributed by atoms with Crippen LogP contribution >= 0.6 is 0 Å². The van der Waals surface area contributed by atoms with E-state index in [-0.39, 0.29) is 30.4 Å². The van der Waals surface area contributed by atoms with Gasteiger partial charge in [0.2, 0.25) is 5.91 Å². The van der Waals surface area contributed by atoms with Crippen LogP contribution in [0.15, 0.2) is 65.3 Å². The topological polar surface area (TPSA) is 63.0 Å². The molecular weight excluding hydrogens is 452 g/mol. The fourth-order valence-corrected chi connectivity index (χ4v) is 5.51. The Morgan fingerprint density at radius 3 is 2.67 bits per heavy atom. The summed E-state index contributed by atoms with van der Waals surface area (Å²) in [5.41, 5.74) is 4.61. The highest BCUT2D eigenvalue weighted by Gasteiger charge is 2.36.